The summed E-state index contributed by atoms with van der Waals surface area (Å²) < 4.78 is 0. The maximum atomic E-state index is 8.20. The minimum atomic E-state index is 0. The van der Waals surface area contributed by atoms with Crippen molar-refractivity contribution in [2.24, 2.45) is 0 Å². The van der Waals surface area contributed by atoms with Crippen molar-refractivity contribution in [1.82, 2.24) is 0 Å². The van der Waals surface area contributed by atoms with Gasteiger partial charge in [-0.2, -0.15) is 0 Å². The van der Waals surface area contributed by atoms with Crippen molar-refractivity contribution >= 4 is 37.7 Å². The quantitative estimate of drug-likeness (QED) is 0.378. The van der Waals surface area contributed by atoms with Gasteiger partial charge in [-0.1, -0.05) is 19.8 Å². The fraction of sp³-hybridized carbons (Fsp3) is 1.00. The Morgan fingerprint density at radius 3 is 1.23 bits per heavy atom. The topological polar surface area (TPSA) is 209 Å². The normalized spacial score (nSPS) is 4.15. The van der Waals surface area contributed by atoms with Gasteiger partial charge in [-0.25, -0.2) is 0 Å². The summed E-state index contributed by atoms with van der Waals surface area (Å²) in [4.78, 5) is 0. The standard InChI is InChI=1S/C5H12O.Ca.6H2O.2H/c1-2-3-4-5-6;;;;;;;;;/h6H,2-5H2,1H3;;6*1H2;;/q;+2;;;;;;;2*-1. The van der Waals surface area contributed by atoms with E-state index in [9.17, 15) is 0 Å². The first-order chi connectivity index (χ1) is 2.91. The van der Waals surface area contributed by atoms with Crippen LogP contribution in [0.1, 0.15) is 29.0 Å². The van der Waals surface area contributed by atoms with Crippen LogP contribution in [0.2, 0.25) is 0 Å². The van der Waals surface area contributed by atoms with Gasteiger partial charge in [0.1, 0.15) is 0 Å². The Bertz CT molecular complexity index is 37.3. The van der Waals surface area contributed by atoms with E-state index in [4.69, 9.17) is 5.11 Å². The largest absolute Gasteiger partial charge is 2.00 e. The summed E-state index contributed by atoms with van der Waals surface area (Å²) in [5, 5.41) is 8.20. The van der Waals surface area contributed by atoms with E-state index in [2.05, 4.69) is 6.92 Å². The number of hydrogen-bond acceptors (Lipinski definition) is 1. The third-order valence-electron chi connectivity index (χ3n) is 0.762. The molecule has 7 nitrogen and oxygen atoms in total. The molecule has 0 aliphatic heterocycles. The van der Waals surface area contributed by atoms with Gasteiger partial charge < -0.3 is 40.8 Å². The van der Waals surface area contributed by atoms with Crippen molar-refractivity contribution in [2.75, 3.05) is 6.61 Å². The molecule has 0 radical (unpaired) electrons. The molecule has 0 rings (SSSR count). The fourth-order valence-corrected chi connectivity index (χ4v) is 0.362. The van der Waals surface area contributed by atoms with Crippen LogP contribution in [0.15, 0.2) is 0 Å². The summed E-state index contributed by atoms with van der Waals surface area (Å²) in [6, 6.07) is 0. The Balaban J connectivity index is -0.00000000347. The Hall–Kier alpha value is 0.980. The SMILES string of the molecule is CCCCCO.O.O.O.O.O.O.[Ca+2].[H-].[H-]. The Morgan fingerprint density at radius 2 is 1.15 bits per heavy atom. The van der Waals surface area contributed by atoms with E-state index in [1.807, 2.05) is 0 Å². The molecule has 0 aromatic heterocycles. The van der Waals surface area contributed by atoms with Crippen LogP contribution >= 0.6 is 0 Å². The van der Waals surface area contributed by atoms with Gasteiger partial charge in [-0.15, -0.1) is 0 Å². The molecule has 0 aromatic carbocycles. The number of aliphatic hydroxyl groups excluding tert-OH is 1. The van der Waals surface area contributed by atoms with Crippen molar-refractivity contribution < 1.29 is 40.8 Å². The van der Waals surface area contributed by atoms with E-state index in [1.165, 1.54) is 6.42 Å². The van der Waals surface area contributed by atoms with Crippen molar-refractivity contribution in [3.8, 4) is 0 Å². The van der Waals surface area contributed by atoms with Crippen LogP contribution in [0, 0.1) is 0 Å². The molecule has 8 heteroatoms. The molecular weight excluding hydrogens is 212 g/mol. The van der Waals surface area contributed by atoms with E-state index in [0.29, 0.717) is 6.61 Å². The Morgan fingerprint density at radius 1 is 0.846 bits per heavy atom. The molecule has 0 saturated heterocycles. The minimum Gasteiger partial charge on any atom is -1.00 e. The van der Waals surface area contributed by atoms with Crippen molar-refractivity contribution in [1.29, 1.82) is 0 Å². The molecule has 0 aliphatic rings. The molecule has 0 unspecified atom stereocenters. The van der Waals surface area contributed by atoms with E-state index in [1.54, 1.807) is 0 Å². The molecule has 0 heterocycles. The molecule has 90 valence electrons. The smallest absolute Gasteiger partial charge is 1.00 e. The average molecular weight is 238 g/mol. The fourth-order valence-electron chi connectivity index (χ4n) is 0.362. The van der Waals surface area contributed by atoms with Crippen molar-refractivity contribution in [3.63, 3.8) is 0 Å². The van der Waals surface area contributed by atoms with E-state index in [-0.39, 0.29) is 73.4 Å². The van der Waals surface area contributed by atoms with Gasteiger partial charge in [0, 0.05) is 6.61 Å². The summed E-state index contributed by atoms with van der Waals surface area (Å²) in [5.41, 5.74) is 0. The zero-order chi connectivity index (χ0) is 4.83. The third kappa shape index (κ3) is 98.8. The van der Waals surface area contributed by atoms with Crippen LogP contribution in [0.4, 0.5) is 0 Å². The Labute approximate surface area is 111 Å². The van der Waals surface area contributed by atoms with E-state index in [0.717, 1.165) is 12.8 Å². The molecule has 0 aromatic rings. The maximum Gasteiger partial charge on any atom is 2.00 e. The van der Waals surface area contributed by atoms with Crippen LogP contribution in [0.5, 0.6) is 0 Å². The van der Waals surface area contributed by atoms with Crippen LogP contribution in [0.25, 0.3) is 0 Å². The minimum absolute atomic E-state index is 0. The van der Waals surface area contributed by atoms with Gasteiger partial charge in [0.05, 0.1) is 0 Å². The average Bonchev–Trinajstić information content (AvgIpc) is 1.61. The Kier molecular flexibility index (Phi) is 381. The molecule has 0 fully saturated rings. The molecule has 0 bridgehead atoms. The van der Waals surface area contributed by atoms with E-state index >= 15 is 0 Å². The van der Waals surface area contributed by atoms with Gasteiger partial charge in [0.25, 0.3) is 0 Å². The predicted octanol–water partition coefficient (Wildman–Crippen LogP) is -3.94. The van der Waals surface area contributed by atoms with Crippen LogP contribution < -0.4 is 0 Å². The summed E-state index contributed by atoms with van der Waals surface area (Å²) in [6.45, 7) is 2.48. The summed E-state index contributed by atoms with van der Waals surface area (Å²) in [6.07, 6.45) is 3.33. The van der Waals surface area contributed by atoms with Crippen molar-refractivity contribution in [3.05, 3.63) is 0 Å². The first-order valence-electron chi connectivity index (χ1n) is 2.52. The van der Waals surface area contributed by atoms with Crippen LogP contribution in [0.3, 0.4) is 0 Å². The number of unbranched alkanes of at least 4 members (excludes halogenated alkanes) is 2. The molecular formula is C5H26CaO7. The zero-order valence-corrected chi connectivity index (χ0v) is 10.2. The molecule has 0 spiro atoms. The summed E-state index contributed by atoms with van der Waals surface area (Å²) >= 11 is 0. The second kappa shape index (κ2) is 75.1. The van der Waals surface area contributed by atoms with Gasteiger partial charge in [0.2, 0.25) is 0 Å². The molecule has 0 aliphatic carbocycles. The third-order valence-corrected chi connectivity index (χ3v) is 0.762. The monoisotopic (exact) mass is 238 g/mol. The predicted molar refractivity (Wildman–Crippen MR) is 56.3 cm³/mol. The molecule has 0 atom stereocenters. The first kappa shape index (κ1) is 65.9. The number of aliphatic hydroxyl groups is 1. The second-order valence-electron chi connectivity index (χ2n) is 1.43. The number of rotatable bonds is 3. The molecule has 0 amide bonds. The van der Waals surface area contributed by atoms with E-state index < -0.39 is 0 Å². The van der Waals surface area contributed by atoms with Gasteiger partial charge in [-0.3, -0.25) is 0 Å². The van der Waals surface area contributed by atoms with Gasteiger partial charge in [0.15, 0.2) is 0 Å². The summed E-state index contributed by atoms with van der Waals surface area (Å²) in [7, 11) is 0. The van der Waals surface area contributed by atoms with Crippen LogP contribution in [-0.2, 0) is 0 Å². The first-order valence-corrected chi connectivity index (χ1v) is 2.52. The van der Waals surface area contributed by atoms with Crippen molar-refractivity contribution in [2.45, 2.75) is 26.2 Å². The van der Waals surface area contributed by atoms with Gasteiger partial charge in [-0.05, 0) is 6.42 Å². The molecule has 13 N–H and O–H groups in total. The van der Waals surface area contributed by atoms with Crippen LogP contribution in [-0.4, -0.2) is 82.3 Å². The molecule has 0 saturated carbocycles. The zero-order valence-electron chi connectivity index (χ0n) is 9.98. The maximum absolute atomic E-state index is 8.20. The number of hydrogen-bond donors (Lipinski definition) is 1. The molecule has 13 heavy (non-hydrogen) atoms. The summed E-state index contributed by atoms with van der Waals surface area (Å²) in [5.74, 6) is 0. The second-order valence-corrected chi connectivity index (χ2v) is 1.43. The van der Waals surface area contributed by atoms with Gasteiger partial charge >= 0.3 is 37.7 Å².